The Morgan fingerprint density at radius 2 is 2.24 bits per heavy atom. The first-order valence-corrected chi connectivity index (χ1v) is 4.81. The van der Waals surface area contributed by atoms with Crippen molar-refractivity contribution in [3.63, 3.8) is 0 Å². The van der Waals surface area contributed by atoms with Crippen LogP contribution in [-0.4, -0.2) is 26.2 Å². The molecule has 7 nitrogen and oxygen atoms in total. The third kappa shape index (κ3) is 2.13. The van der Waals surface area contributed by atoms with Crippen molar-refractivity contribution in [1.82, 2.24) is 15.0 Å². The van der Waals surface area contributed by atoms with Crippen LogP contribution in [0.1, 0.15) is 10.5 Å². The number of nitro benzene ring substituents is 1. The molecule has 0 aliphatic rings. The number of nitrogens with zero attached hydrogens (tertiary/aromatic N) is 4. The van der Waals surface area contributed by atoms with E-state index in [0.717, 1.165) is 4.68 Å². The molecule has 0 amide bonds. The maximum atomic E-state index is 10.8. The summed E-state index contributed by atoms with van der Waals surface area (Å²) in [5.74, 6) is 0. The Morgan fingerprint density at radius 3 is 2.82 bits per heavy atom. The van der Waals surface area contributed by atoms with Crippen LogP contribution in [0, 0.1) is 10.1 Å². The highest BCUT2D eigenvalue weighted by atomic mass is 35.5. The summed E-state index contributed by atoms with van der Waals surface area (Å²) in [5.41, 5.74) is 0.0686. The molecule has 0 N–H and O–H groups in total. The Bertz CT molecular complexity index is 596. The number of hydrogen-bond donors (Lipinski definition) is 0. The van der Waals surface area contributed by atoms with Crippen LogP contribution >= 0.6 is 11.6 Å². The molecule has 0 aliphatic carbocycles. The molecule has 0 radical (unpaired) electrons. The van der Waals surface area contributed by atoms with E-state index in [9.17, 15) is 14.9 Å². The van der Waals surface area contributed by atoms with E-state index in [0.29, 0.717) is 11.3 Å². The largest absolute Gasteiger partial charge is 0.296 e. The number of hydrogen-bond acceptors (Lipinski definition) is 5. The van der Waals surface area contributed by atoms with Crippen LogP contribution in [-0.2, 0) is 0 Å². The molecule has 2 aromatic rings. The lowest BCUT2D eigenvalue weighted by Crippen LogP contribution is -2.00. The number of aldehydes is 1. The second-order valence-electron chi connectivity index (χ2n) is 3.10. The molecule has 86 valence electrons. The Hall–Kier alpha value is -2.28. The van der Waals surface area contributed by atoms with Gasteiger partial charge in [-0.25, -0.2) is 4.68 Å². The van der Waals surface area contributed by atoms with Gasteiger partial charge in [0.25, 0.3) is 5.69 Å². The van der Waals surface area contributed by atoms with Gasteiger partial charge in [-0.3, -0.25) is 14.9 Å². The first kappa shape index (κ1) is 11.2. The lowest BCUT2D eigenvalue weighted by atomic mass is 10.2. The summed E-state index contributed by atoms with van der Waals surface area (Å²) >= 11 is 5.76. The molecule has 17 heavy (non-hydrogen) atoms. The fraction of sp³-hybridized carbons (Fsp3) is 0. The zero-order valence-corrected chi connectivity index (χ0v) is 9.03. The fourth-order valence-corrected chi connectivity index (χ4v) is 1.45. The van der Waals surface area contributed by atoms with Gasteiger partial charge in [-0.15, -0.1) is 5.10 Å². The predicted octanol–water partition coefficient (Wildman–Crippen LogP) is 1.64. The van der Waals surface area contributed by atoms with Gasteiger partial charge in [0, 0.05) is 11.1 Å². The average molecular weight is 253 g/mol. The highest BCUT2D eigenvalue weighted by Gasteiger charge is 2.17. The van der Waals surface area contributed by atoms with Crippen LogP contribution in [0.3, 0.4) is 0 Å². The van der Waals surface area contributed by atoms with Crippen LogP contribution in [0.2, 0.25) is 5.02 Å². The Morgan fingerprint density at radius 1 is 1.47 bits per heavy atom. The number of carbonyl (C=O) groups is 1. The van der Waals surface area contributed by atoms with Crippen molar-refractivity contribution < 1.29 is 9.72 Å². The molecule has 0 saturated carbocycles. The van der Waals surface area contributed by atoms with E-state index >= 15 is 0 Å². The van der Waals surface area contributed by atoms with Gasteiger partial charge in [0.05, 0.1) is 11.1 Å². The summed E-state index contributed by atoms with van der Waals surface area (Å²) in [6.07, 6.45) is 1.78. The van der Waals surface area contributed by atoms with E-state index in [1.165, 1.54) is 24.4 Å². The summed E-state index contributed by atoms with van der Waals surface area (Å²) in [5, 5.41) is 18.3. The van der Waals surface area contributed by atoms with Crippen molar-refractivity contribution in [2.24, 2.45) is 0 Å². The third-order valence-electron chi connectivity index (χ3n) is 2.01. The number of aromatic nitrogens is 3. The topological polar surface area (TPSA) is 90.9 Å². The molecular formula is C9H5ClN4O3. The first-order valence-electron chi connectivity index (χ1n) is 4.43. The van der Waals surface area contributed by atoms with Crippen LogP contribution in [0.5, 0.6) is 0 Å². The zero-order chi connectivity index (χ0) is 12.4. The second-order valence-corrected chi connectivity index (χ2v) is 3.53. The molecule has 1 heterocycles. The average Bonchev–Trinajstić information content (AvgIpc) is 2.76. The molecular weight excluding hydrogens is 248 g/mol. The zero-order valence-electron chi connectivity index (χ0n) is 8.28. The Labute approximate surface area is 99.8 Å². The maximum absolute atomic E-state index is 10.8. The molecule has 0 aliphatic heterocycles. The van der Waals surface area contributed by atoms with Crippen LogP contribution in [0.15, 0.2) is 24.4 Å². The minimum absolute atomic E-state index is 0.0827. The number of carbonyl (C=O) groups excluding carboxylic acids is 1. The SMILES string of the molecule is O=Cc1cn(-c2cc(Cl)ccc2[N+](=O)[O-])nn1. The molecule has 8 heteroatoms. The summed E-state index contributed by atoms with van der Waals surface area (Å²) in [6.45, 7) is 0. The standard InChI is InChI=1S/C9H5ClN4O3/c10-6-1-2-8(14(16)17)9(3-6)13-4-7(5-15)11-12-13/h1-5H. The Balaban J connectivity index is 2.60. The highest BCUT2D eigenvalue weighted by Crippen LogP contribution is 2.25. The van der Waals surface area contributed by atoms with E-state index in [1.54, 1.807) is 0 Å². The second kappa shape index (κ2) is 4.30. The number of halogens is 1. The third-order valence-corrected chi connectivity index (χ3v) is 2.25. The van der Waals surface area contributed by atoms with Gasteiger partial charge in [0.15, 0.2) is 6.29 Å². The van der Waals surface area contributed by atoms with Gasteiger partial charge in [-0.1, -0.05) is 16.8 Å². The van der Waals surface area contributed by atoms with Gasteiger partial charge in [0.2, 0.25) is 0 Å². The minimum atomic E-state index is -0.562. The molecule has 0 bridgehead atoms. The molecule has 1 aromatic heterocycles. The highest BCUT2D eigenvalue weighted by molar-refractivity contribution is 6.30. The summed E-state index contributed by atoms with van der Waals surface area (Å²) < 4.78 is 1.13. The van der Waals surface area contributed by atoms with Gasteiger partial charge in [-0.2, -0.15) is 0 Å². The minimum Gasteiger partial charge on any atom is -0.296 e. The van der Waals surface area contributed by atoms with Crippen LogP contribution < -0.4 is 0 Å². The molecule has 0 atom stereocenters. The van der Waals surface area contributed by atoms with Crippen molar-refractivity contribution in [1.29, 1.82) is 0 Å². The number of nitro groups is 1. The van der Waals surface area contributed by atoms with Crippen LogP contribution in [0.4, 0.5) is 5.69 Å². The van der Waals surface area contributed by atoms with Gasteiger partial charge in [0.1, 0.15) is 11.4 Å². The number of rotatable bonds is 3. The van der Waals surface area contributed by atoms with Crippen molar-refractivity contribution in [2.45, 2.75) is 0 Å². The summed E-state index contributed by atoms with van der Waals surface area (Å²) in [6, 6.07) is 4.05. The van der Waals surface area contributed by atoms with Crippen molar-refractivity contribution in [3.05, 3.63) is 45.2 Å². The lowest BCUT2D eigenvalue weighted by Gasteiger charge is -2.01. The monoisotopic (exact) mass is 252 g/mol. The van der Waals surface area contributed by atoms with E-state index in [1.807, 2.05) is 0 Å². The van der Waals surface area contributed by atoms with Crippen molar-refractivity contribution in [2.75, 3.05) is 0 Å². The normalized spacial score (nSPS) is 10.2. The molecule has 1 aromatic carbocycles. The van der Waals surface area contributed by atoms with E-state index in [2.05, 4.69) is 10.3 Å². The van der Waals surface area contributed by atoms with Gasteiger partial charge in [-0.05, 0) is 12.1 Å². The quantitative estimate of drug-likeness (QED) is 0.470. The molecule has 0 unspecified atom stereocenters. The van der Waals surface area contributed by atoms with Gasteiger partial charge >= 0.3 is 0 Å². The maximum Gasteiger partial charge on any atom is 0.295 e. The summed E-state index contributed by atoms with van der Waals surface area (Å²) in [4.78, 5) is 20.7. The smallest absolute Gasteiger partial charge is 0.295 e. The van der Waals surface area contributed by atoms with E-state index < -0.39 is 4.92 Å². The molecule has 2 rings (SSSR count). The molecule has 0 saturated heterocycles. The van der Waals surface area contributed by atoms with E-state index in [4.69, 9.17) is 11.6 Å². The molecule has 0 spiro atoms. The van der Waals surface area contributed by atoms with Gasteiger partial charge < -0.3 is 0 Å². The van der Waals surface area contributed by atoms with E-state index in [-0.39, 0.29) is 17.1 Å². The summed E-state index contributed by atoms with van der Waals surface area (Å²) in [7, 11) is 0. The van der Waals surface area contributed by atoms with Crippen LogP contribution in [0.25, 0.3) is 5.69 Å². The fourth-order valence-electron chi connectivity index (χ4n) is 1.28. The Kier molecular flexibility index (Phi) is 2.84. The first-order chi connectivity index (χ1) is 8.11. The van der Waals surface area contributed by atoms with Crippen molar-refractivity contribution in [3.8, 4) is 5.69 Å². The number of benzene rings is 1. The molecule has 0 fully saturated rings. The van der Waals surface area contributed by atoms with Crippen molar-refractivity contribution >= 4 is 23.6 Å². The lowest BCUT2D eigenvalue weighted by molar-refractivity contribution is -0.384. The predicted molar refractivity (Wildman–Crippen MR) is 58.4 cm³/mol.